The molecule has 0 aliphatic carbocycles. The average Bonchev–Trinajstić information content (AvgIpc) is 2.67. The maximum absolute atomic E-state index is 12.2. The molecule has 1 aromatic heterocycles. The standard InChI is InChI=1S/C19H15ClN2O5/c1-11(26-14-8-6-13(20)7-9-14)17(23)21-22-18(24)15-10-12-4-2-3-5-16(12)27-19(15)25/h2-11H,1H3,(H,21,23)(H,22,24)/t11-/m0/s1. The van der Waals surface area contributed by atoms with E-state index in [0.717, 1.165) is 0 Å². The van der Waals surface area contributed by atoms with Crippen LogP contribution >= 0.6 is 11.6 Å². The van der Waals surface area contributed by atoms with Gasteiger partial charge in [-0.15, -0.1) is 0 Å². The van der Waals surface area contributed by atoms with Gasteiger partial charge in [0, 0.05) is 10.4 Å². The van der Waals surface area contributed by atoms with E-state index in [2.05, 4.69) is 10.9 Å². The smallest absolute Gasteiger partial charge is 0.349 e. The summed E-state index contributed by atoms with van der Waals surface area (Å²) < 4.78 is 10.5. The first-order valence-corrected chi connectivity index (χ1v) is 8.37. The number of hydrogen-bond donors (Lipinski definition) is 2. The normalized spacial score (nSPS) is 11.6. The maximum atomic E-state index is 12.2. The highest BCUT2D eigenvalue weighted by atomic mass is 35.5. The van der Waals surface area contributed by atoms with Crippen molar-refractivity contribution in [2.24, 2.45) is 0 Å². The van der Waals surface area contributed by atoms with Crippen molar-refractivity contribution in [2.75, 3.05) is 0 Å². The molecule has 0 unspecified atom stereocenters. The molecule has 0 spiro atoms. The minimum Gasteiger partial charge on any atom is -0.481 e. The van der Waals surface area contributed by atoms with Gasteiger partial charge in [0.2, 0.25) is 0 Å². The first-order chi connectivity index (χ1) is 12.9. The lowest BCUT2D eigenvalue weighted by molar-refractivity contribution is -0.128. The first-order valence-electron chi connectivity index (χ1n) is 7.99. The molecule has 1 heterocycles. The third kappa shape index (κ3) is 4.45. The summed E-state index contributed by atoms with van der Waals surface area (Å²) in [5, 5.41) is 1.13. The van der Waals surface area contributed by atoms with Crippen LogP contribution in [0.25, 0.3) is 11.0 Å². The quantitative estimate of drug-likeness (QED) is 0.530. The molecule has 138 valence electrons. The Morgan fingerprint density at radius 1 is 1.07 bits per heavy atom. The van der Waals surface area contributed by atoms with Crippen molar-refractivity contribution in [3.05, 3.63) is 75.6 Å². The summed E-state index contributed by atoms with van der Waals surface area (Å²) in [7, 11) is 0. The zero-order valence-corrected chi connectivity index (χ0v) is 14.9. The first kappa shape index (κ1) is 18.5. The number of para-hydroxylation sites is 1. The number of hydrazine groups is 1. The van der Waals surface area contributed by atoms with Gasteiger partial charge in [0.15, 0.2) is 6.10 Å². The van der Waals surface area contributed by atoms with Gasteiger partial charge in [0.1, 0.15) is 16.9 Å². The molecule has 27 heavy (non-hydrogen) atoms. The van der Waals surface area contributed by atoms with Gasteiger partial charge in [-0.1, -0.05) is 29.8 Å². The van der Waals surface area contributed by atoms with E-state index in [1.165, 1.54) is 13.0 Å². The summed E-state index contributed by atoms with van der Waals surface area (Å²) in [6.45, 7) is 1.51. The van der Waals surface area contributed by atoms with Gasteiger partial charge in [0.05, 0.1) is 0 Å². The number of nitrogens with one attached hydrogen (secondary N) is 2. The summed E-state index contributed by atoms with van der Waals surface area (Å²) in [6, 6.07) is 14.7. The average molecular weight is 387 g/mol. The molecule has 2 amide bonds. The maximum Gasteiger partial charge on any atom is 0.349 e. The number of amides is 2. The molecule has 3 aromatic rings. The van der Waals surface area contributed by atoms with E-state index in [0.29, 0.717) is 21.7 Å². The fourth-order valence-corrected chi connectivity index (χ4v) is 2.40. The van der Waals surface area contributed by atoms with E-state index in [-0.39, 0.29) is 5.56 Å². The molecule has 7 nitrogen and oxygen atoms in total. The van der Waals surface area contributed by atoms with Crippen LogP contribution in [0.3, 0.4) is 0 Å². The fourth-order valence-electron chi connectivity index (χ4n) is 2.28. The molecule has 0 radical (unpaired) electrons. The van der Waals surface area contributed by atoms with Gasteiger partial charge in [-0.3, -0.25) is 20.4 Å². The van der Waals surface area contributed by atoms with Gasteiger partial charge < -0.3 is 9.15 Å². The van der Waals surface area contributed by atoms with E-state index < -0.39 is 23.5 Å². The summed E-state index contributed by atoms with van der Waals surface area (Å²) in [4.78, 5) is 36.2. The van der Waals surface area contributed by atoms with Gasteiger partial charge in [0.25, 0.3) is 11.8 Å². The summed E-state index contributed by atoms with van der Waals surface area (Å²) >= 11 is 5.79. The number of rotatable bonds is 4. The number of halogens is 1. The number of ether oxygens (including phenoxy) is 1. The van der Waals surface area contributed by atoms with Crippen LogP contribution in [0.1, 0.15) is 17.3 Å². The van der Waals surface area contributed by atoms with Crippen molar-refractivity contribution < 1.29 is 18.7 Å². The third-order valence-corrected chi connectivity index (χ3v) is 3.93. The van der Waals surface area contributed by atoms with Crippen LogP contribution in [-0.4, -0.2) is 17.9 Å². The van der Waals surface area contributed by atoms with Crippen molar-refractivity contribution in [1.29, 1.82) is 0 Å². The van der Waals surface area contributed by atoms with Crippen molar-refractivity contribution in [1.82, 2.24) is 10.9 Å². The molecule has 1 atom stereocenters. The van der Waals surface area contributed by atoms with Crippen molar-refractivity contribution in [3.63, 3.8) is 0 Å². The number of hydrogen-bond acceptors (Lipinski definition) is 5. The molecule has 0 fully saturated rings. The van der Waals surface area contributed by atoms with Crippen LogP contribution in [-0.2, 0) is 4.79 Å². The van der Waals surface area contributed by atoms with Crippen LogP contribution in [0, 0.1) is 0 Å². The largest absolute Gasteiger partial charge is 0.481 e. The molecule has 2 N–H and O–H groups in total. The molecular formula is C19H15ClN2O5. The van der Waals surface area contributed by atoms with Crippen LogP contribution in [0.2, 0.25) is 5.02 Å². The predicted octanol–water partition coefficient (Wildman–Crippen LogP) is 2.67. The molecule has 0 aliphatic rings. The fraction of sp³-hybridized carbons (Fsp3) is 0.105. The molecule has 2 aromatic carbocycles. The van der Waals surface area contributed by atoms with E-state index in [9.17, 15) is 14.4 Å². The van der Waals surface area contributed by atoms with Gasteiger partial charge in [-0.05, 0) is 43.3 Å². The Kier molecular flexibility index (Phi) is 5.42. The summed E-state index contributed by atoms with van der Waals surface area (Å²) in [6.07, 6.45) is -0.889. The highest BCUT2D eigenvalue weighted by Gasteiger charge is 2.18. The second kappa shape index (κ2) is 7.92. The highest BCUT2D eigenvalue weighted by molar-refractivity contribution is 6.30. The predicted molar refractivity (Wildman–Crippen MR) is 99.6 cm³/mol. The van der Waals surface area contributed by atoms with Gasteiger partial charge in [-0.2, -0.15) is 0 Å². The molecule has 0 saturated carbocycles. The Morgan fingerprint density at radius 3 is 2.52 bits per heavy atom. The monoisotopic (exact) mass is 386 g/mol. The molecule has 0 aliphatic heterocycles. The Hall–Kier alpha value is -3.32. The second-order valence-corrected chi connectivity index (χ2v) is 6.08. The van der Waals surface area contributed by atoms with E-state index in [1.807, 2.05) is 0 Å². The Bertz CT molecular complexity index is 1050. The van der Waals surface area contributed by atoms with Crippen LogP contribution in [0.5, 0.6) is 5.75 Å². The third-order valence-electron chi connectivity index (χ3n) is 3.68. The van der Waals surface area contributed by atoms with E-state index in [4.69, 9.17) is 20.8 Å². The minimum absolute atomic E-state index is 0.222. The molecular weight excluding hydrogens is 372 g/mol. The van der Waals surface area contributed by atoms with E-state index >= 15 is 0 Å². The van der Waals surface area contributed by atoms with Gasteiger partial charge in [-0.25, -0.2) is 4.79 Å². The molecule has 8 heteroatoms. The molecule has 0 bridgehead atoms. The number of benzene rings is 2. The topological polar surface area (TPSA) is 97.6 Å². The van der Waals surface area contributed by atoms with Crippen LogP contribution < -0.4 is 21.2 Å². The number of fused-ring (bicyclic) bond motifs is 1. The minimum atomic E-state index is -0.889. The van der Waals surface area contributed by atoms with Crippen LogP contribution in [0.4, 0.5) is 0 Å². The van der Waals surface area contributed by atoms with Gasteiger partial charge >= 0.3 is 5.63 Å². The highest BCUT2D eigenvalue weighted by Crippen LogP contribution is 2.16. The lowest BCUT2D eigenvalue weighted by Crippen LogP contribution is -2.48. The number of carbonyl (C=O) groups excluding carboxylic acids is 2. The molecule has 3 rings (SSSR count). The Labute approximate surface area is 158 Å². The van der Waals surface area contributed by atoms with Crippen molar-refractivity contribution in [3.8, 4) is 5.75 Å². The van der Waals surface area contributed by atoms with Crippen molar-refractivity contribution in [2.45, 2.75) is 13.0 Å². The lowest BCUT2D eigenvalue weighted by atomic mass is 10.2. The Morgan fingerprint density at radius 2 is 1.78 bits per heavy atom. The Balaban J connectivity index is 1.63. The zero-order chi connectivity index (χ0) is 19.4. The molecule has 0 saturated heterocycles. The van der Waals surface area contributed by atoms with E-state index in [1.54, 1.807) is 48.5 Å². The lowest BCUT2D eigenvalue weighted by Gasteiger charge is -2.15. The zero-order valence-electron chi connectivity index (χ0n) is 14.2. The SMILES string of the molecule is C[C@H](Oc1ccc(Cl)cc1)C(=O)NNC(=O)c1cc2ccccc2oc1=O. The summed E-state index contributed by atoms with van der Waals surface area (Å²) in [5.41, 5.74) is 3.74. The summed E-state index contributed by atoms with van der Waals surface area (Å²) in [5.74, 6) is -0.937. The second-order valence-electron chi connectivity index (χ2n) is 5.64. The van der Waals surface area contributed by atoms with Crippen LogP contribution in [0.15, 0.2) is 63.8 Å². The number of carbonyl (C=O) groups is 2. The van der Waals surface area contributed by atoms with Crippen molar-refractivity contribution >= 4 is 34.4 Å².